The predicted octanol–water partition coefficient (Wildman–Crippen LogP) is 3.52. The van der Waals surface area contributed by atoms with Crippen LogP contribution in [0.5, 0.6) is 5.75 Å². The molecule has 1 N–H and O–H groups in total. The average Bonchev–Trinajstić information content (AvgIpc) is 2.68. The number of thiocarbonyl (C=S) groups is 1. The van der Waals surface area contributed by atoms with Gasteiger partial charge in [-0.1, -0.05) is 48.1 Å². The Morgan fingerprint density at radius 2 is 1.92 bits per heavy atom. The molecule has 0 radical (unpaired) electrons. The molecule has 0 aromatic heterocycles. The van der Waals surface area contributed by atoms with Gasteiger partial charge in [0.15, 0.2) is 0 Å². The molecule has 1 heterocycles. The Balaban J connectivity index is 1.47. The first-order valence-corrected chi connectivity index (χ1v) is 9.55. The van der Waals surface area contributed by atoms with Crippen molar-refractivity contribution in [1.82, 2.24) is 10.2 Å². The number of morpholine rings is 1. The number of rotatable bonds is 7. The summed E-state index contributed by atoms with van der Waals surface area (Å²) in [5.74, 6) is 0.801. The maximum atomic E-state index is 5.90. The molecule has 0 saturated carbocycles. The summed E-state index contributed by atoms with van der Waals surface area (Å²) in [6.45, 7) is 5.91. The van der Waals surface area contributed by atoms with Gasteiger partial charge < -0.3 is 14.8 Å². The molecule has 0 unspecified atom stereocenters. The summed E-state index contributed by atoms with van der Waals surface area (Å²) < 4.78 is 11.2. The second kappa shape index (κ2) is 9.88. The zero-order valence-corrected chi connectivity index (χ0v) is 16.2. The molecule has 0 spiro atoms. The van der Waals surface area contributed by atoms with E-state index in [1.807, 2.05) is 48.5 Å². The molecule has 6 heteroatoms. The van der Waals surface area contributed by atoms with E-state index in [0.717, 1.165) is 66.3 Å². The first kappa shape index (κ1) is 19.1. The minimum absolute atomic E-state index is 0.498. The molecule has 1 saturated heterocycles. The van der Waals surface area contributed by atoms with Crippen LogP contribution in [-0.2, 0) is 11.3 Å². The normalized spacial score (nSPS) is 14.8. The monoisotopic (exact) mass is 390 g/mol. The molecule has 2 aromatic carbocycles. The first-order valence-electron chi connectivity index (χ1n) is 8.76. The molecular weight excluding hydrogens is 368 g/mol. The molecule has 1 aliphatic heterocycles. The summed E-state index contributed by atoms with van der Waals surface area (Å²) in [5.41, 5.74) is 2.04. The van der Waals surface area contributed by atoms with Crippen molar-refractivity contribution in [2.45, 2.75) is 6.61 Å². The Hall–Kier alpha value is -1.66. The van der Waals surface area contributed by atoms with Crippen LogP contribution in [-0.4, -0.2) is 49.3 Å². The SMILES string of the molecule is S=C(NCCN1CCOCC1)c1cccc(OCc2ccc(Cl)cc2)c1. The van der Waals surface area contributed by atoms with E-state index in [1.54, 1.807) is 0 Å². The summed E-state index contributed by atoms with van der Waals surface area (Å²) in [6.07, 6.45) is 0. The van der Waals surface area contributed by atoms with E-state index in [4.69, 9.17) is 33.3 Å². The smallest absolute Gasteiger partial charge is 0.120 e. The zero-order valence-electron chi connectivity index (χ0n) is 14.6. The topological polar surface area (TPSA) is 33.7 Å². The number of halogens is 1. The molecule has 4 nitrogen and oxygen atoms in total. The highest BCUT2D eigenvalue weighted by Gasteiger charge is 2.10. The lowest BCUT2D eigenvalue weighted by Gasteiger charge is -2.26. The number of hydrogen-bond donors (Lipinski definition) is 1. The van der Waals surface area contributed by atoms with Crippen LogP contribution in [0.3, 0.4) is 0 Å². The van der Waals surface area contributed by atoms with Gasteiger partial charge in [0, 0.05) is 36.8 Å². The second-order valence-corrected chi connectivity index (χ2v) is 7.00. The van der Waals surface area contributed by atoms with Crippen LogP contribution in [0.2, 0.25) is 5.02 Å². The van der Waals surface area contributed by atoms with Gasteiger partial charge in [-0.05, 0) is 29.8 Å². The van der Waals surface area contributed by atoms with Crippen LogP contribution in [0.4, 0.5) is 0 Å². The Morgan fingerprint density at radius 3 is 2.69 bits per heavy atom. The molecule has 2 aromatic rings. The van der Waals surface area contributed by atoms with Crippen LogP contribution in [0.25, 0.3) is 0 Å². The van der Waals surface area contributed by atoms with Crippen molar-refractivity contribution < 1.29 is 9.47 Å². The van der Waals surface area contributed by atoms with Gasteiger partial charge in [-0.2, -0.15) is 0 Å². The Labute approximate surface area is 165 Å². The van der Waals surface area contributed by atoms with E-state index < -0.39 is 0 Å². The molecule has 138 valence electrons. The van der Waals surface area contributed by atoms with Crippen molar-refractivity contribution in [3.8, 4) is 5.75 Å². The third-order valence-electron chi connectivity index (χ3n) is 4.23. The van der Waals surface area contributed by atoms with Crippen LogP contribution >= 0.6 is 23.8 Å². The van der Waals surface area contributed by atoms with Gasteiger partial charge in [0.05, 0.1) is 13.2 Å². The number of nitrogens with one attached hydrogen (secondary N) is 1. The van der Waals surface area contributed by atoms with Crippen molar-refractivity contribution in [2.75, 3.05) is 39.4 Å². The molecule has 0 bridgehead atoms. The largest absolute Gasteiger partial charge is 0.489 e. The molecule has 3 rings (SSSR count). The summed E-state index contributed by atoms with van der Waals surface area (Å²) >= 11 is 11.4. The van der Waals surface area contributed by atoms with Crippen LogP contribution in [0.15, 0.2) is 48.5 Å². The molecule has 0 atom stereocenters. The van der Waals surface area contributed by atoms with Crippen molar-refractivity contribution in [1.29, 1.82) is 0 Å². The molecule has 0 amide bonds. The molecular formula is C20H23ClN2O2S. The quantitative estimate of drug-likeness (QED) is 0.731. The van der Waals surface area contributed by atoms with Crippen molar-refractivity contribution in [3.63, 3.8) is 0 Å². The Kier molecular flexibility index (Phi) is 7.26. The van der Waals surface area contributed by atoms with E-state index in [-0.39, 0.29) is 0 Å². The number of benzene rings is 2. The van der Waals surface area contributed by atoms with E-state index in [0.29, 0.717) is 6.61 Å². The highest BCUT2D eigenvalue weighted by Crippen LogP contribution is 2.16. The standard InChI is InChI=1S/C20H23ClN2O2S/c21-18-6-4-16(5-7-18)15-25-19-3-1-2-17(14-19)20(26)22-8-9-23-10-12-24-13-11-23/h1-7,14H,8-13,15H2,(H,22,26). The maximum absolute atomic E-state index is 5.90. The fraction of sp³-hybridized carbons (Fsp3) is 0.350. The van der Waals surface area contributed by atoms with Gasteiger partial charge in [-0.15, -0.1) is 0 Å². The highest BCUT2D eigenvalue weighted by atomic mass is 35.5. The van der Waals surface area contributed by atoms with Gasteiger partial charge in [0.25, 0.3) is 0 Å². The zero-order chi connectivity index (χ0) is 18.2. The van der Waals surface area contributed by atoms with E-state index in [2.05, 4.69) is 10.2 Å². The predicted molar refractivity (Wildman–Crippen MR) is 109 cm³/mol. The fourth-order valence-corrected chi connectivity index (χ4v) is 3.08. The van der Waals surface area contributed by atoms with Crippen molar-refractivity contribution in [2.24, 2.45) is 0 Å². The summed E-state index contributed by atoms with van der Waals surface area (Å²) in [6, 6.07) is 15.5. The average molecular weight is 391 g/mol. The van der Waals surface area contributed by atoms with Gasteiger partial charge >= 0.3 is 0 Å². The highest BCUT2D eigenvalue weighted by molar-refractivity contribution is 7.80. The van der Waals surface area contributed by atoms with Gasteiger partial charge in [-0.25, -0.2) is 0 Å². The third-order valence-corrected chi connectivity index (χ3v) is 4.86. The first-order chi connectivity index (χ1) is 12.7. The number of hydrogen-bond acceptors (Lipinski definition) is 4. The van der Waals surface area contributed by atoms with Crippen LogP contribution < -0.4 is 10.1 Å². The molecule has 1 aliphatic rings. The molecule has 0 aliphatic carbocycles. The van der Waals surface area contributed by atoms with E-state index in [1.165, 1.54) is 0 Å². The summed E-state index contributed by atoms with van der Waals surface area (Å²) in [5, 5.41) is 4.06. The Bertz CT molecular complexity index is 718. The van der Waals surface area contributed by atoms with Crippen LogP contribution in [0, 0.1) is 0 Å². The summed E-state index contributed by atoms with van der Waals surface area (Å²) in [7, 11) is 0. The van der Waals surface area contributed by atoms with Gasteiger partial charge in [0.2, 0.25) is 0 Å². The summed E-state index contributed by atoms with van der Waals surface area (Å²) in [4.78, 5) is 3.13. The van der Waals surface area contributed by atoms with Crippen molar-refractivity contribution >= 4 is 28.8 Å². The number of ether oxygens (including phenoxy) is 2. The minimum Gasteiger partial charge on any atom is -0.489 e. The molecule has 26 heavy (non-hydrogen) atoms. The lowest BCUT2D eigenvalue weighted by atomic mass is 10.2. The minimum atomic E-state index is 0.498. The fourth-order valence-electron chi connectivity index (χ4n) is 2.73. The second-order valence-electron chi connectivity index (χ2n) is 6.15. The lowest BCUT2D eigenvalue weighted by Crippen LogP contribution is -2.41. The Morgan fingerprint density at radius 1 is 1.15 bits per heavy atom. The van der Waals surface area contributed by atoms with Crippen molar-refractivity contribution in [3.05, 3.63) is 64.7 Å². The lowest BCUT2D eigenvalue weighted by molar-refractivity contribution is 0.0389. The van der Waals surface area contributed by atoms with E-state index >= 15 is 0 Å². The van der Waals surface area contributed by atoms with Gasteiger partial charge in [-0.3, -0.25) is 4.90 Å². The molecule has 1 fully saturated rings. The maximum Gasteiger partial charge on any atom is 0.120 e. The third kappa shape index (κ3) is 5.95. The van der Waals surface area contributed by atoms with E-state index in [9.17, 15) is 0 Å². The van der Waals surface area contributed by atoms with Crippen LogP contribution in [0.1, 0.15) is 11.1 Å². The van der Waals surface area contributed by atoms with Gasteiger partial charge in [0.1, 0.15) is 17.3 Å². The number of nitrogens with zero attached hydrogens (tertiary/aromatic N) is 1.